The lowest BCUT2D eigenvalue weighted by Gasteiger charge is -2.23. The van der Waals surface area contributed by atoms with E-state index in [1.807, 2.05) is 0 Å². The van der Waals surface area contributed by atoms with Gasteiger partial charge in [-0.1, -0.05) is 6.92 Å². The van der Waals surface area contributed by atoms with Crippen LogP contribution in [0.5, 0.6) is 0 Å². The van der Waals surface area contributed by atoms with Gasteiger partial charge in [-0.15, -0.1) is 0 Å². The summed E-state index contributed by atoms with van der Waals surface area (Å²) < 4.78 is 10.6. The molecule has 2 aliphatic rings. The number of hydrogen-bond acceptors (Lipinski definition) is 4. The van der Waals surface area contributed by atoms with Crippen molar-refractivity contribution in [2.75, 3.05) is 26.4 Å². The van der Waals surface area contributed by atoms with Gasteiger partial charge in [0.25, 0.3) is 0 Å². The highest BCUT2D eigenvalue weighted by atomic mass is 16.5. The largest absolute Gasteiger partial charge is 0.464 e. The summed E-state index contributed by atoms with van der Waals surface area (Å²) in [5.41, 5.74) is 0. The van der Waals surface area contributed by atoms with Crippen molar-refractivity contribution in [3.05, 3.63) is 0 Å². The number of rotatable bonds is 3. The standard InChI is InChI=1S/C12H21NO3/c1-9-2-5-13-11(9)12(14)16-8-10-3-6-15-7-4-10/h9-11,13H,2-8H2,1H3. The van der Waals surface area contributed by atoms with Crippen LogP contribution in [0.25, 0.3) is 0 Å². The average molecular weight is 227 g/mol. The Morgan fingerprint density at radius 1 is 1.38 bits per heavy atom. The van der Waals surface area contributed by atoms with Crippen LogP contribution in [0.2, 0.25) is 0 Å². The first-order valence-corrected chi connectivity index (χ1v) is 6.25. The molecule has 0 aromatic heterocycles. The first-order valence-electron chi connectivity index (χ1n) is 6.25. The van der Waals surface area contributed by atoms with Crippen molar-refractivity contribution in [2.24, 2.45) is 11.8 Å². The Hall–Kier alpha value is -0.610. The van der Waals surface area contributed by atoms with E-state index in [1.54, 1.807) is 0 Å². The Balaban J connectivity index is 1.70. The highest BCUT2D eigenvalue weighted by Crippen LogP contribution is 2.18. The molecule has 0 aromatic rings. The lowest BCUT2D eigenvalue weighted by atomic mass is 10.0. The Bertz CT molecular complexity index is 238. The van der Waals surface area contributed by atoms with E-state index < -0.39 is 0 Å². The molecule has 0 radical (unpaired) electrons. The zero-order chi connectivity index (χ0) is 11.4. The number of hydrogen-bond donors (Lipinski definition) is 1. The number of carbonyl (C=O) groups excluding carboxylic acids is 1. The van der Waals surface area contributed by atoms with E-state index in [0.717, 1.165) is 39.0 Å². The van der Waals surface area contributed by atoms with E-state index in [2.05, 4.69) is 12.2 Å². The maximum atomic E-state index is 11.8. The summed E-state index contributed by atoms with van der Waals surface area (Å²) in [6.45, 7) is 5.20. The van der Waals surface area contributed by atoms with E-state index in [9.17, 15) is 4.79 Å². The van der Waals surface area contributed by atoms with E-state index in [4.69, 9.17) is 9.47 Å². The highest BCUT2D eigenvalue weighted by Gasteiger charge is 2.31. The summed E-state index contributed by atoms with van der Waals surface area (Å²) in [5.74, 6) is 0.827. The summed E-state index contributed by atoms with van der Waals surface area (Å²) in [4.78, 5) is 11.8. The van der Waals surface area contributed by atoms with Crippen LogP contribution in [0.3, 0.4) is 0 Å². The summed E-state index contributed by atoms with van der Waals surface area (Å²) in [7, 11) is 0. The summed E-state index contributed by atoms with van der Waals surface area (Å²) in [5, 5.41) is 3.19. The third-order valence-corrected chi connectivity index (χ3v) is 3.59. The third kappa shape index (κ3) is 2.95. The molecule has 92 valence electrons. The SMILES string of the molecule is CC1CCNC1C(=O)OCC1CCOCC1. The first kappa shape index (κ1) is 11.9. The van der Waals surface area contributed by atoms with Gasteiger partial charge < -0.3 is 14.8 Å². The molecule has 16 heavy (non-hydrogen) atoms. The molecule has 2 atom stereocenters. The lowest BCUT2D eigenvalue weighted by Crippen LogP contribution is -2.37. The van der Waals surface area contributed by atoms with Gasteiger partial charge in [0.15, 0.2) is 0 Å². The summed E-state index contributed by atoms with van der Waals surface area (Å²) in [6, 6.07) is -0.0835. The molecule has 0 bridgehead atoms. The first-order chi connectivity index (χ1) is 7.77. The fourth-order valence-electron chi connectivity index (χ4n) is 2.35. The minimum atomic E-state index is -0.0835. The van der Waals surface area contributed by atoms with Gasteiger partial charge in [-0.2, -0.15) is 0 Å². The number of nitrogens with one attached hydrogen (secondary N) is 1. The molecule has 1 N–H and O–H groups in total. The van der Waals surface area contributed by atoms with Crippen molar-refractivity contribution in [3.63, 3.8) is 0 Å². The van der Waals surface area contributed by atoms with Gasteiger partial charge in [0.1, 0.15) is 6.04 Å². The molecule has 2 unspecified atom stereocenters. The average Bonchev–Trinajstić information content (AvgIpc) is 2.74. The predicted octanol–water partition coefficient (Wildman–Crippen LogP) is 0.954. The second-order valence-electron chi connectivity index (χ2n) is 4.88. The predicted molar refractivity (Wildman–Crippen MR) is 60.1 cm³/mol. The molecular formula is C12H21NO3. The topological polar surface area (TPSA) is 47.6 Å². The zero-order valence-electron chi connectivity index (χ0n) is 9.91. The smallest absolute Gasteiger partial charge is 0.323 e. The van der Waals surface area contributed by atoms with Crippen LogP contribution in [0.4, 0.5) is 0 Å². The van der Waals surface area contributed by atoms with Crippen LogP contribution in [-0.4, -0.2) is 38.4 Å². The molecule has 0 saturated carbocycles. The maximum absolute atomic E-state index is 11.8. The van der Waals surface area contributed by atoms with E-state index in [0.29, 0.717) is 18.4 Å². The normalized spacial score (nSPS) is 31.6. The van der Waals surface area contributed by atoms with Crippen molar-refractivity contribution in [3.8, 4) is 0 Å². The molecule has 2 aliphatic heterocycles. The number of ether oxygens (including phenoxy) is 2. The minimum absolute atomic E-state index is 0.0727. The van der Waals surface area contributed by atoms with Gasteiger partial charge >= 0.3 is 5.97 Å². The summed E-state index contributed by atoms with van der Waals surface area (Å²) in [6.07, 6.45) is 3.10. The highest BCUT2D eigenvalue weighted by molar-refractivity contribution is 5.76. The molecule has 0 spiro atoms. The lowest BCUT2D eigenvalue weighted by molar-refractivity contribution is -0.149. The molecule has 2 heterocycles. The molecule has 4 nitrogen and oxygen atoms in total. The Morgan fingerprint density at radius 2 is 2.12 bits per heavy atom. The third-order valence-electron chi connectivity index (χ3n) is 3.59. The second-order valence-corrected chi connectivity index (χ2v) is 4.88. The van der Waals surface area contributed by atoms with Crippen LogP contribution in [0.15, 0.2) is 0 Å². The van der Waals surface area contributed by atoms with Crippen LogP contribution in [-0.2, 0) is 14.3 Å². The monoisotopic (exact) mass is 227 g/mol. The molecule has 0 aliphatic carbocycles. The summed E-state index contributed by atoms with van der Waals surface area (Å²) >= 11 is 0. The molecule has 2 fully saturated rings. The van der Waals surface area contributed by atoms with Gasteiger partial charge in [0.05, 0.1) is 6.61 Å². The number of carbonyl (C=O) groups is 1. The van der Waals surface area contributed by atoms with Crippen LogP contribution >= 0.6 is 0 Å². The molecule has 4 heteroatoms. The number of esters is 1. The zero-order valence-corrected chi connectivity index (χ0v) is 9.91. The van der Waals surface area contributed by atoms with Gasteiger partial charge in [-0.05, 0) is 37.6 Å². The van der Waals surface area contributed by atoms with Crippen molar-refractivity contribution >= 4 is 5.97 Å². The van der Waals surface area contributed by atoms with Crippen molar-refractivity contribution in [1.82, 2.24) is 5.32 Å². The van der Waals surface area contributed by atoms with Gasteiger partial charge in [0.2, 0.25) is 0 Å². The fraction of sp³-hybridized carbons (Fsp3) is 0.917. The molecule has 0 aromatic carbocycles. The van der Waals surface area contributed by atoms with Crippen LogP contribution in [0, 0.1) is 11.8 Å². The molecule has 0 amide bonds. The Kier molecular flexibility index (Phi) is 4.18. The fourth-order valence-corrected chi connectivity index (χ4v) is 2.35. The van der Waals surface area contributed by atoms with Crippen LogP contribution in [0.1, 0.15) is 26.2 Å². The van der Waals surface area contributed by atoms with E-state index in [1.165, 1.54) is 0 Å². The molecule has 2 rings (SSSR count). The Morgan fingerprint density at radius 3 is 2.75 bits per heavy atom. The van der Waals surface area contributed by atoms with Gasteiger partial charge in [-0.3, -0.25) is 4.79 Å². The van der Waals surface area contributed by atoms with Crippen LogP contribution < -0.4 is 5.32 Å². The Labute approximate surface area is 96.7 Å². The molecular weight excluding hydrogens is 206 g/mol. The van der Waals surface area contributed by atoms with E-state index >= 15 is 0 Å². The van der Waals surface area contributed by atoms with Crippen molar-refractivity contribution in [2.45, 2.75) is 32.2 Å². The van der Waals surface area contributed by atoms with E-state index in [-0.39, 0.29) is 12.0 Å². The second kappa shape index (κ2) is 5.64. The van der Waals surface area contributed by atoms with Crippen molar-refractivity contribution in [1.29, 1.82) is 0 Å². The molecule has 2 saturated heterocycles. The minimum Gasteiger partial charge on any atom is -0.464 e. The van der Waals surface area contributed by atoms with Gasteiger partial charge in [-0.25, -0.2) is 0 Å². The maximum Gasteiger partial charge on any atom is 0.323 e. The quantitative estimate of drug-likeness (QED) is 0.729. The van der Waals surface area contributed by atoms with Gasteiger partial charge in [0, 0.05) is 13.2 Å². The van der Waals surface area contributed by atoms with Crippen molar-refractivity contribution < 1.29 is 14.3 Å².